The highest BCUT2D eigenvalue weighted by Crippen LogP contribution is 2.35. The number of aryl methyl sites for hydroxylation is 3. The lowest BCUT2D eigenvalue weighted by molar-refractivity contribution is 0.622. The Balaban J connectivity index is 1.92. The van der Waals surface area contributed by atoms with Crippen LogP contribution in [0.25, 0.3) is 16.8 Å². The van der Waals surface area contributed by atoms with Gasteiger partial charge in [0.2, 0.25) is 0 Å². The Morgan fingerprint density at radius 2 is 1.95 bits per heavy atom. The molecule has 4 nitrogen and oxygen atoms in total. The van der Waals surface area contributed by atoms with Crippen molar-refractivity contribution < 1.29 is 4.39 Å². The SMILES string of the molecule is Cc1nnc2n1-c1c(Cl)cc(-c3cncc(F)c3)cc1CC2. The lowest BCUT2D eigenvalue weighted by Gasteiger charge is -2.21. The largest absolute Gasteiger partial charge is 0.281 e. The highest BCUT2D eigenvalue weighted by Gasteiger charge is 2.23. The summed E-state index contributed by atoms with van der Waals surface area (Å²) in [5.41, 5.74) is 3.63. The summed E-state index contributed by atoms with van der Waals surface area (Å²) in [6.45, 7) is 1.91. The van der Waals surface area contributed by atoms with Gasteiger partial charge >= 0.3 is 0 Å². The van der Waals surface area contributed by atoms with Gasteiger partial charge in [-0.05, 0) is 42.7 Å². The van der Waals surface area contributed by atoms with Gasteiger partial charge in [-0.2, -0.15) is 0 Å². The number of halogens is 2. The van der Waals surface area contributed by atoms with Crippen LogP contribution in [0.2, 0.25) is 5.02 Å². The molecule has 1 aliphatic heterocycles. The molecule has 0 unspecified atom stereocenters. The summed E-state index contributed by atoms with van der Waals surface area (Å²) in [6, 6.07) is 5.34. The quantitative estimate of drug-likeness (QED) is 0.690. The second kappa shape index (κ2) is 4.88. The zero-order valence-corrected chi connectivity index (χ0v) is 12.6. The van der Waals surface area contributed by atoms with Gasteiger partial charge in [0.25, 0.3) is 0 Å². The van der Waals surface area contributed by atoms with Crippen molar-refractivity contribution in [2.24, 2.45) is 0 Å². The lowest BCUT2D eigenvalue weighted by Crippen LogP contribution is -2.14. The normalized spacial score (nSPS) is 12.9. The molecule has 0 spiro atoms. The first kappa shape index (κ1) is 13.4. The third-order valence-electron chi connectivity index (χ3n) is 3.91. The van der Waals surface area contributed by atoms with Crippen LogP contribution in [0.1, 0.15) is 17.2 Å². The van der Waals surface area contributed by atoms with E-state index in [0.717, 1.165) is 46.9 Å². The van der Waals surface area contributed by atoms with E-state index in [1.807, 2.05) is 23.6 Å². The molecule has 0 radical (unpaired) electrons. The molecule has 6 heteroatoms. The highest BCUT2D eigenvalue weighted by atomic mass is 35.5. The Labute approximate surface area is 131 Å². The van der Waals surface area contributed by atoms with Crippen molar-refractivity contribution in [2.75, 3.05) is 0 Å². The van der Waals surface area contributed by atoms with Crippen LogP contribution in [-0.2, 0) is 12.8 Å². The maximum Gasteiger partial charge on any atom is 0.142 e. The van der Waals surface area contributed by atoms with Gasteiger partial charge in [0.1, 0.15) is 17.5 Å². The number of hydrogen-bond donors (Lipinski definition) is 0. The Kier molecular flexibility index (Phi) is 2.97. The summed E-state index contributed by atoms with van der Waals surface area (Å²) >= 11 is 6.50. The zero-order valence-electron chi connectivity index (χ0n) is 11.8. The first-order chi connectivity index (χ1) is 10.6. The first-order valence-corrected chi connectivity index (χ1v) is 7.36. The van der Waals surface area contributed by atoms with E-state index in [-0.39, 0.29) is 5.82 Å². The minimum Gasteiger partial charge on any atom is -0.281 e. The maximum atomic E-state index is 13.4. The molecule has 0 bridgehead atoms. The fraction of sp³-hybridized carbons (Fsp3) is 0.188. The van der Waals surface area contributed by atoms with E-state index < -0.39 is 0 Å². The molecule has 0 fully saturated rings. The number of nitrogens with zero attached hydrogens (tertiary/aromatic N) is 4. The van der Waals surface area contributed by atoms with Crippen LogP contribution in [0.3, 0.4) is 0 Å². The molecular formula is C16H12ClFN4. The average molecular weight is 315 g/mol. The van der Waals surface area contributed by atoms with Crippen molar-refractivity contribution >= 4 is 11.6 Å². The zero-order chi connectivity index (χ0) is 15.3. The molecule has 22 heavy (non-hydrogen) atoms. The molecule has 2 aromatic heterocycles. The fourth-order valence-corrected chi connectivity index (χ4v) is 3.26. The predicted octanol–water partition coefficient (Wildman–Crippen LogP) is 3.53. The summed E-state index contributed by atoms with van der Waals surface area (Å²) in [7, 11) is 0. The van der Waals surface area contributed by atoms with Crippen LogP contribution in [0.5, 0.6) is 0 Å². The molecule has 0 saturated carbocycles. The van der Waals surface area contributed by atoms with Gasteiger partial charge in [0.15, 0.2) is 0 Å². The molecule has 110 valence electrons. The third kappa shape index (κ3) is 2.01. The summed E-state index contributed by atoms with van der Waals surface area (Å²) in [5, 5.41) is 8.92. The lowest BCUT2D eigenvalue weighted by atomic mass is 9.97. The number of fused-ring (bicyclic) bond motifs is 3. The smallest absolute Gasteiger partial charge is 0.142 e. The number of pyridine rings is 1. The molecule has 0 N–H and O–H groups in total. The number of hydrogen-bond acceptors (Lipinski definition) is 3. The molecule has 0 aliphatic carbocycles. The summed E-state index contributed by atoms with van der Waals surface area (Å²) < 4.78 is 15.4. The van der Waals surface area contributed by atoms with Crippen LogP contribution in [0.15, 0.2) is 30.6 Å². The van der Waals surface area contributed by atoms with Crippen LogP contribution >= 0.6 is 11.6 Å². The first-order valence-electron chi connectivity index (χ1n) is 6.98. The molecule has 0 amide bonds. The molecule has 1 aromatic carbocycles. The van der Waals surface area contributed by atoms with E-state index in [2.05, 4.69) is 15.2 Å². The number of benzene rings is 1. The van der Waals surface area contributed by atoms with Gasteiger partial charge in [-0.15, -0.1) is 10.2 Å². The number of aromatic nitrogens is 4. The van der Waals surface area contributed by atoms with Gasteiger partial charge in [0.05, 0.1) is 16.9 Å². The summed E-state index contributed by atoms with van der Waals surface area (Å²) in [6.07, 6.45) is 4.48. The fourth-order valence-electron chi connectivity index (χ4n) is 2.94. The molecule has 0 saturated heterocycles. The second-order valence-electron chi connectivity index (χ2n) is 5.36. The number of rotatable bonds is 1. The molecule has 0 atom stereocenters. The van der Waals surface area contributed by atoms with Crippen molar-refractivity contribution in [2.45, 2.75) is 19.8 Å². The van der Waals surface area contributed by atoms with E-state index in [4.69, 9.17) is 11.6 Å². The van der Waals surface area contributed by atoms with Crippen molar-refractivity contribution in [1.29, 1.82) is 0 Å². The highest BCUT2D eigenvalue weighted by molar-refractivity contribution is 6.33. The van der Waals surface area contributed by atoms with E-state index in [1.165, 1.54) is 12.3 Å². The Bertz CT molecular complexity index is 888. The Morgan fingerprint density at radius 1 is 1.09 bits per heavy atom. The van der Waals surface area contributed by atoms with Crippen molar-refractivity contribution in [3.63, 3.8) is 0 Å². The minimum absolute atomic E-state index is 0.358. The van der Waals surface area contributed by atoms with E-state index in [0.29, 0.717) is 5.02 Å². The van der Waals surface area contributed by atoms with Gasteiger partial charge < -0.3 is 0 Å². The average Bonchev–Trinajstić information content (AvgIpc) is 2.88. The van der Waals surface area contributed by atoms with E-state index in [9.17, 15) is 4.39 Å². The standard InChI is InChI=1S/C16H12ClFN4/c1-9-20-21-15-3-2-10-4-11(6-14(17)16(10)22(9)15)12-5-13(18)8-19-7-12/h4-8H,2-3H2,1H3. The van der Waals surface area contributed by atoms with E-state index >= 15 is 0 Å². The Hall–Kier alpha value is -2.27. The third-order valence-corrected chi connectivity index (χ3v) is 4.20. The predicted molar refractivity (Wildman–Crippen MR) is 81.7 cm³/mol. The minimum atomic E-state index is -0.358. The van der Waals surface area contributed by atoms with Crippen LogP contribution < -0.4 is 0 Å². The monoisotopic (exact) mass is 314 g/mol. The Morgan fingerprint density at radius 3 is 2.77 bits per heavy atom. The van der Waals surface area contributed by atoms with Gasteiger partial charge in [-0.1, -0.05) is 11.6 Å². The van der Waals surface area contributed by atoms with Gasteiger partial charge in [-0.25, -0.2) is 4.39 Å². The molecule has 3 heterocycles. The molecular weight excluding hydrogens is 303 g/mol. The van der Waals surface area contributed by atoms with Crippen LogP contribution in [0, 0.1) is 12.7 Å². The van der Waals surface area contributed by atoms with Crippen molar-refractivity contribution in [3.8, 4) is 16.8 Å². The van der Waals surface area contributed by atoms with Crippen molar-refractivity contribution in [3.05, 3.63) is 58.6 Å². The summed E-state index contributed by atoms with van der Waals surface area (Å²) in [5.74, 6) is 1.38. The topological polar surface area (TPSA) is 43.6 Å². The molecule has 3 aromatic rings. The second-order valence-corrected chi connectivity index (χ2v) is 5.76. The molecule has 4 rings (SSSR count). The van der Waals surface area contributed by atoms with Gasteiger partial charge in [0, 0.05) is 18.2 Å². The van der Waals surface area contributed by atoms with Crippen LogP contribution in [0.4, 0.5) is 4.39 Å². The van der Waals surface area contributed by atoms with Crippen molar-refractivity contribution in [1.82, 2.24) is 19.7 Å². The van der Waals surface area contributed by atoms with Gasteiger partial charge in [-0.3, -0.25) is 9.55 Å². The van der Waals surface area contributed by atoms with Crippen LogP contribution in [-0.4, -0.2) is 19.7 Å². The van der Waals surface area contributed by atoms with E-state index in [1.54, 1.807) is 6.20 Å². The maximum absolute atomic E-state index is 13.4. The summed E-state index contributed by atoms with van der Waals surface area (Å²) in [4.78, 5) is 3.90. The molecule has 1 aliphatic rings.